The Morgan fingerprint density at radius 2 is 2.05 bits per heavy atom. The molecule has 3 N–H and O–H groups in total. The van der Waals surface area contributed by atoms with Crippen LogP contribution in [0.1, 0.15) is 25.3 Å². The molecule has 1 saturated heterocycles. The standard InChI is InChI=1S/C14H22BrN3O2S/c1-11(10-18-6-2-3-7-18)17-21(19,20)14-5-4-12(9-16)8-13(14)15/h4-5,8,11,17H,2-3,6-7,9-10,16H2,1H3. The van der Waals surface area contributed by atoms with Crippen LogP contribution in [0.4, 0.5) is 0 Å². The molecule has 7 heteroatoms. The average molecular weight is 376 g/mol. The van der Waals surface area contributed by atoms with E-state index in [4.69, 9.17) is 5.73 Å². The fraction of sp³-hybridized carbons (Fsp3) is 0.571. The second-order valence-corrected chi connectivity index (χ2v) is 8.04. The number of halogens is 1. The van der Waals surface area contributed by atoms with Crippen molar-refractivity contribution in [1.82, 2.24) is 9.62 Å². The Morgan fingerprint density at radius 1 is 1.38 bits per heavy atom. The summed E-state index contributed by atoms with van der Waals surface area (Å²) >= 11 is 3.32. The van der Waals surface area contributed by atoms with E-state index < -0.39 is 10.0 Å². The highest BCUT2D eigenvalue weighted by molar-refractivity contribution is 9.10. The lowest BCUT2D eigenvalue weighted by Gasteiger charge is -2.21. The summed E-state index contributed by atoms with van der Waals surface area (Å²) in [5.74, 6) is 0. The zero-order chi connectivity index (χ0) is 15.5. The molecule has 1 atom stereocenters. The van der Waals surface area contributed by atoms with Crippen molar-refractivity contribution in [3.63, 3.8) is 0 Å². The van der Waals surface area contributed by atoms with Crippen LogP contribution in [0.3, 0.4) is 0 Å². The molecule has 1 aromatic carbocycles. The number of benzene rings is 1. The Hall–Kier alpha value is -0.470. The highest BCUT2D eigenvalue weighted by atomic mass is 79.9. The molecule has 1 aliphatic heterocycles. The number of hydrogen-bond acceptors (Lipinski definition) is 4. The van der Waals surface area contributed by atoms with E-state index in [1.54, 1.807) is 18.2 Å². The Balaban J connectivity index is 2.06. The normalized spacial score (nSPS) is 18.0. The molecule has 118 valence electrons. The van der Waals surface area contributed by atoms with Crippen LogP contribution < -0.4 is 10.5 Å². The first-order chi connectivity index (χ1) is 9.92. The molecular formula is C14H22BrN3O2S. The quantitative estimate of drug-likeness (QED) is 0.792. The van der Waals surface area contributed by atoms with Gasteiger partial charge in [0, 0.05) is 23.6 Å². The van der Waals surface area contributed by atoms with Gasteiger partial charge in [0.15, 0.2) is 0 Å². The van der Waals surface area contributed by atoms with Gasteiger partial charge >= 0.3 is 0 Å². The van der Waals surface area contributed by atoms with Crippen LogP contribution in [0.15, 0.2) is 27.6 Å². The van der Waals surface area contributed by atoms with Crippen LogP contribution in [0.5, 0.6) is 0 Å². The Kier molecular flexibility index (Phi) is 5.79. The summed E-state index contributed by atoms with van der Waals surface area (Å²) in [6, 6.07) is 4.97. The third kappa shape index (κ3) is 4.50. The van der Waals surface area contributed by atoms with Crippen molar-refractivity contribution in [1.29, 1.82) is 0 Å². The predicted octanol–water partition coefficient (Wildman–Crippen LogP) is 1.67. The SMILES string of the molecule is CC(CN1CCCC1)NS(=O)(=O)c1ccc(CN)cc1Br. The molecule has 1 heterocycles. The van der Waals surface area contributed by atoms with Gasteiger partial charge in [-0.1, -0.05) is 6.07 Å². The smallest absolute Gasteiger partial charge is 0.241 e. The lowest BCUT2D eigenvalue weighted by Crippen LogP contribution is -2.41. The van der Waals surface area contributed by atoms with Gasteiger partial charge in [0.2, 0.25) is 10.0 Å². The minimum atomic E-state index is -3.52. The largest absolute Gasteiger partial charge is 0.326 e. The molecule has 1 aromatic rings. The van der Waals surface area contributed by atoms with Gasteiger partial charge in [-0.3, -0.25) is 0 Å². The van der Waals surface area contributed by atoms with E-state index in [-0.39, 0.29) is 10.9 Å². The van der Waals surface area contributed by atoms with E-state index in [0.29, 0.717) is 11.0 Å². The van der Waals surface area contributed by atoms with Crippen molar-refractivity contribution in [2.24, 2.45) is 5.73 Å². The van der Waals surface area contributed by atoms with E-state index in [1.807, 2.05) is 6.92 Å². The van der Waals surface area contributed by atoms with Crippen LogP contribution in [0, 0.1) is 0 Å². The van der Waals surface area contributed by atoms with Crippen LogP contribution in [0.25, 0.3) is 0 Å². The van der Waals surface area contributed by atoms with E-state index >= 15 is 0 Å². The van der Waals surface area contributed by atoms with Crippen molar-refractivity contribution >= 4 is 26.0 Å². The molecule has 5 nitrogen and oxygen atoms in total. The van der Waals surface area contributed by atoms with Gasteiger partial charge in [0.25, 0.3) is 0 Å². The molecule has 1 fully saturated rings. The molecule has 2 rings (SSSR count). The first-order valence-corrected chi connectivity index (χ1v) is 9.43. The molecule has 1 aliphatic rings. The zero-order valence-electron chi connectivity index (χ0n) is 12.2. The fourth-order valence-electron chi connectivity index (χ4n) is 2.61. The first-order valence-electron chi connectivity index (χ1n) is 7.15. The maximum absolute atomic E-state index is 12.4. The third-order valence-electron chi connectivity index (χ3n) is 3.61. The Morgan fingerprint density at radius 3 is 2.62 bits per heavy atom. The summed E-state index contributed by atoms with van der Waals surface area (Å²) in [4.78, 5) is 2.55. The van der Waals surface area contributed by atoms with Gasteiger partial charge in [-0.05, 0) is 66.5 Å². The highest BCUT2D eigenvalue weighted by Crippen LogP contribution is 2.23. The van der Waals surface area contributed by atoms with E-state index in [1.165, 1.54) is 12.8 Å². The molecule has 1 unspecified atom stereocenters. The molecular weight excluding hydrogens is 354 g/mol. The Labute approximate surface area is 135 Å². The van der Waals surface area contributed by atoms with E-state index in [9.17, 15) is 8.42 Å². The number of nitrogens with one attached hydrogen (secondary N) is 1. The predicted molar refractivity (Wildman–Crippen MR) is 87.5 cm³/mol. The minimum absolute atomic E-state index is 0.116. The zero-order valence-corrected chi connectivity index (χ0v) is 14.6. The van der Waals surface area contributed by atoms with E-state index in [0.717, 1.165) is 25.2 Å². The fourth-order valence-corrected chi connectivity index (χ4v) is 4.97. The second kappa shape index (κ2) is 7.19. The number of likely N-dealkylation sites (tertiary alicyclic amines) is 1. The molecule has 0 radical (unpaired) electrons. The Bertz CT molecular complexity index is 586. The number of sulfonamides is 1. The lowest BCUT2D eigenvalue weighted by atomic mass is 10.2. The van der Waals surface area contributed by atoms with Gasteiger partial charge < -0.3 is 10.6 Å². The van der Waals surface area contributed by atoms with Gasteiger partial charge in [-0.15, -0.1) is 0 Å². The molecule has 0 spiro atoms. The average Bonchev–Trinajstić information content (AvgIpc) is 2.90. The second-order valence-electron chi connectivity index (χ2n) is 5.50. The molecule has 0 aromatic heterocycles. The summed E-state index contributed by atoms with van der Waals surface area (Å²) in [6.45, 7) is 5.15. The van der Waals surface area contributed by atoms with Gasteiger partial charge in [0.1, 0.15) is 0 Å². The third-order valence-corrected chi connectivity index (χ3v) is 6.17. The van der Waals surface area contributed by atoms with Gasteiger partial charge in [-0.2, -0.15) is 0 Å². The number of rotatable bonds is 6. The highest BCUT2D eigenvalue weighted by Gasteiger charge is 2.22. The topological polar surface area (TPSA) is 75.4 Å². The summed E-state index contributed by atoms with van der Waals surface area (Å²) in [7, 11) is -3.52. The summed E-state index contributed by atoms with van der Waals surface area (Å²) in [6.07, 6.45) is 2.40. The van der Waals surface area contributed by atoms with Crippen molar-refractivity contribution in [2.75, 3.05) is 19.6 Å². The van der Waals surface area contributed by atoms with Crippen molar-refractivity contribution in [3.8, 4) is 0 Å². The molecule has 0 saturated carbocycles. The maximum atomic E-state index is 12.4. The first kappa shape index (κ1) is 16.9. The van der Waals surface area contributed by atoms with Crippen LogP contribution in [-0.4, -0.2) is 39.0 Å². The summed E-state index contributed by atoms with van der Waals surface area (Å²) < 4.78 is 28.2. The molecule has 0 amide bonds. The number of nitrogens with two attached hydrogens (primary N) is 1. The van der Waals surface area contributed by atoms with Crippen LogP contribution in [0.2, 0.25) is 0 Å². The van der Waals surface area contributed by atoms with E-state index in [2.05, 4.69) is 25.6 Å². The monoisotopic (exact) mass is 375 g/mol. The van der Waals surface area contributed by atoms with Crippen LogP contribution in [-0.2, 0) is 16.6 Å². The number of nitrogens with zero attached hydrogens (tertiary/aromatic N) is 1. The maximum Gasteiger partial charge on any atom is 0.241 e. The van der Waals surface area contributed by atoms with Gasteiger partial charge in [0.05, 0.1) is 4.90 Å². The molecule has 21 heavy (non-hydrogen) atoms. The molecule has 0 bridgehead atoms. The minimum Gasteiger partial charge on any atom is -0.326 e. The van der Waals surface area contributed by atoms with Crippen molar-refractivity contribution in [3.05, 3.63) is 28.2 Å². The van der Waals surface area contributed by atoms with Crippen LogP contribution >= 0.6 is 15.9 Å². The summed E-state index contributed by atoms with van der Waals surface area (Å²) in [5, 5.41) is 0. The van der Waals surface area contributed by atoms with Crippen molar-refractivity contribution in [2.45, 2.75) is 37.2 Å². The summed E-state index contributed by atoms with van der Waals surface area (Å²) in [5.41, 5.74) is 6.45. The molecule has 0 aliphatic carbocycles. The lowest BCUT2D eigenvalue weighted by molar-refractivity contribution is 0.312. The number of hydrogen-bond donors (Lipinski definition) is 2. The van der Waals surface area contributed by atoms with Crippen molar-refractivity contribution < 1.29 is 8.42 Å². The van der Waals surface area contributed by atoms with Gasteiger partial charge in [-0.25, -0.2) is 13.1 Å².